The molecule has 0 spiro atoms. The number of anilines is 1. The lowest BCUT2D eigenvalue weighted by Crippen LogP contribution is -2.49. The van der Waals surface area contributed by atoms with E-state index in [0.29, 0.717) is 6.42 Å². The number of carbonyl (C=O) groups is 2. The van der Waals surface area contributed by atoms with Crippen LogP contribution in [-0.4, -0.2) is 43.4 Å². The smallest absolute Gasteiger partial charge is 0.411 e. The molecule has 6 nitrogen and oxygen atoms in total. The fraction of sp³-hybridized carbons (Fsp3) is 0.467. The molecule has 3 rings (SSSR count). The Balaban J connectivity index is 2.05. The fourth-order valence-corrected chi connectivity index (χ4v) is 3.51. The molecule has 0 aromatic heterocycles. The van der Waals surface area contributed by atoms with E-state index in [4.69, 9.17) is 9.47 Å². The van der Waals surface area contributed by atoms with Gasteiger partial charge in [-0.3, -0.25) is 4.90 Å². The summed E-state index contributed by atoms with van der Waals surface area (Å²) in [6, 6.07) is 7.26. The maximum absolute atomic E-state index is 12.1. The molecule has 1 aromatic rings. The second kappa shape index (κ2) is 4.65. The van der Waals surface area contributed by atoms with Crippen molar-refractivity contribution in [3.8, 4) is 0 Å². The number of hydrogen-bond acceptors (Lipinski definition) is 5. The summed E-state index contributed by atoms with van der Waals surface area (Å²) in [5.41, 5.74) is 1.75. The zero-order chi connectivity index (χ0) is 15.2. The predicted molar refractivity (Wildman–Crippen MR) is 75.9 cm³/mol. The molecule has 1 N–H and O–H groups in total. The van der Waals surface area contributed by atoms with Crippen LogP contribution in [0.2, 0.25) is 0 Å². The number of benzene rings is 1. The van der Waals surface area contributed by atoms with Crippen molar-refractivity contribution in [2.24, 2.45) is 0 Å². The van der Waals surface area contributed by atoms with Crippen molar-refractivity contribution in [3.63, 3.8) is 0 Å². The quantitative estimate of drug-likeness (QED) is 0.797. The maximum Gasteiger partial charge on any atom is 0.411 e. The van der Waals surface area contributed by atoms with Gasteiger partial charge in [0.25, 0.3) is 0 Å². The highest BCUT2D eigenvalue weighted by Crippen LogP contribution is 2.50. The molecule has 3 atom stereocenters. The standard InChI is InChI=1S/C15H18N2O4/c1-15-8-11(12(18)20-2)17(14(19)21-3)13(15)16-10-7-5-4-6-9(10)15/h4-7,11,13,16H,8H2,1-3H3/t11-,13-,15-/m0/s1. The summed E-state index contributed by atoms with van der Waals surface area (Å²) in [6.45, 7) is 2.05. The second-order valence-electron chi connectivity index (χ2n) is 5.63. The van der Waals surface area contributed by atoms with E-state index in [1.54, 1.807) is 0 Å². The number of nitrogens with zero attached hydrogens (tertiary/aromatic N) is 1. The summed E-state index contributed by atoms with van der Waals surface area (Å²) in [5.74, 6) is -0.421. The number of amides is 1. The number of nitrogens with one attached hydrogen (secondary N) is 1. The number of rotatable bonds is 1. The lowest BCUT2D eigenvalue weighted by Gasteiger charge is -2.29. The maximum atomic E-state index is 12.1. The first kappa shape index (κ1) is 13.7. The van der Waals surface area contributed by atoms with Gasteiger partial charge in [0.05, 0.1) is 14.2 Å². The molecule has 0 unspecified atom stereocenters. The van der Waals surface area contributed by atoms with Crippen molar-refractivity contribution in [1.82, 2.24) is 4.90 Å². The van der Waals surface area contributed by atoms with Gasteiger partial charge < -0.3 is 14.8 Å². The average molecular weight is 290 g/mol. The van der Waals surface area contributed by atoms with Crippen molar-refractivity contribution in [3.05, 3.63) is 29.8 Å². The van der Waals surface area contributed by atoms with Crippen molar-refractivity contribution >= 4 is 17.7 Å². The van der Waals surface area contributed by atoms with Crippen molar-refractivity contribution in [1.29, 1.82) is 0 Å². The molecule has 21 heavy (non-hydrogen) atoms. The Morgan fingerprint density at radius 3 is 2.67 bits per heavy atom. The van der Waals surface area contributed by atoms with Gasteiger partial charge in [0, 0.05) is 11.1 Å². The first-order chi connectivity index (χ1) is 10.0. The van der Waals surface area contributed by atoms with Gasteiger partial charge in [0.15, 0.2) is 0 Å². The molecular weight excluding hydrogens is 272 g/mol. The molecule has 1 aromatic carbocycles. The molecule has 1 fully saturated rings. The molecule has 2 aliphatic rings. The van der Waals surface area contributed by atoms with Crippen LogP contribution in [0.3, 0.4) is 0 Å². The molecule has 0 aliphatic carbocycles. The van der Waals surface area contributed by atoms with Gasteiger partial charge in [-0.15, -0.1) is 0 Å². The molecule has 0 radical (unpaired) electrons. The monoisotopic (exact) mass is 290 g/mol. The van der Waals surface area contributed by atoms with E-state index >= 15 is 0 Å². The molecular formula is C15H18N2O4. The number of ether oxygens (including phenoxy) is 2. The van der Waals surface area contributed by atoms with Gasteiger partial charge in [-0.25, -0.2) is 9.59 Å². The Morgan fingerprint density at radius 1 is 1.29 bits per heavy atom. The van der Waals surface area contributed by atoms with Crippen LogP contribution in [-0.2, 0) is 19.7 Å². The largest absolute Gasteiger partial charge is 0.467 e. The van der Waals surface area contributed by atoms with Crippen LogP contribution >= 0.6 is 0 Å². The van der Waals surface area contributed by atoms with Crippen LogP contribution in [0.4, 0.5) is 10.5 Å². The Labute approximate surface area is 123 Å². The van der Waals surface area contributed by atoms with E-state index in [9.17, 15) is 9.59 Å². The Bertz CT molecular complexity index is 603. The van der Waals surface area contributed by atoms with E-state index in [2.05, 4.69) is 12.2 Å². The molecule has 0 saturated carbocycles. The second-order valence-corrected chi connectivity index (χ2v) is 5.63. The van der Waals surface area contributed by atoms with Gasteiger partial charge in [-0.2, -0.15) is 0 Å². The molecule has 2 aliphatic heterocycles. The minimum atomic E-state index is -0.640. The number of para-hydroxylation sites is 1. The zero-order valence-corrected chi connectivity index (χ0v) is 12.3. The minimum Gasteiger partial charge on any atom is -0.467 e. The molecule has 1 amide bonds. The van der Waals surface area contributed by atoms with Crippen molar-refractivity contribution in [2.45, 2.75) is 31.0 Å². The van der Waals surface area contributed by atoms with Gasteiger partial charge in [0.2, 0.25) is 0 Å². The van der Waals surface area contributed by atoms with E-state index in [-0.39, 0.29) is 11.6 Å². The number of hydrogen-bond donors (Lipinski definition) is 1. The van der Waals surface area contributed by atoms with Crippen molar-refractivity contribution in [2.75, 3.05) is 19.5 Å². The first-order valence-corrected chi connectivity index (χ1v) is 6.83. The SMILES string of the molecule is COC(=O)[C@@H]1C[C@@]2(C)c3ccccc3N[C@H]2N1C(=O)OC. The summed E-state index contributed by atoms with van der Waals surface area (Å²) in [6.07, 6.45) is -0.338. The third kappa shape index (κ3) is 1.78. The van der Waals surface area contributed by atoms with Gasteiger partial charge in [0.1, 0.15) is 12.2 Å². The number of carbonyl (C=O) groups excluding carboxylic acids is 2. The number of likely N-dealkylation sites (tertiary alicyclic amines) is 1. The summed E-state index contributed by atoms with van der Waals surface area (Å²) < 4.78 is 9.69. The fourth-order valence-electron chi connectivity index (χ4n) is 3.51. The number of fused-ring (bicyclic) bond motifs is 3. The van der Waals surface area contributed by atoms with Gasteiger partial charge in [-0.1, -0.05) is 25.1 Å². The summed E-state index contributed by atoms with van der Waals surface area (Å²) in [4.78, 5) is 25.6. The zero-order valence-electron chi connectivity index (χ0n) is 12.3. The number of esters is 1. The van der Waals surface area contributed by atoms with Crippen LogP contribution < -0.4 is 5.32 Å². The lowest BCUT2D eigenvalue weighted by molar-refractivity contribution is -0.145. The average Bonchev–Trinajstić information content (AvgIpc) is 2.95. The Kier molecular flexibility index (Phi) is 3.04. The van der Waals surface area contributed by atoms with Gasteiger partial charge >= 0.3 is 12.1 Å². The van der Waals surface area contributed by atoms with E-state index in [1.807, 2.05) is 24.3 Å². The highest BCUT2D eigenvalue weighted by atomic mass is 16.5. The third-order valence-corrected chi connectivity index (χ3v) is 4.53. The molecule has 2 heterocycles. The first-order valence-electron chi connectivity index (χ1n) is 6.83. The van der Waals surface area contributed by atoms with Crippen LogP contribution in [0.5, 0.6) is 0 Å². The summed E-state index contributed by atoms with van der Waals surface area (Å²) in [7, 11) is 2.64. The predicted octanol–water partition coefficient (Wildman–Crippen LogP) is 1.71. The van der Waals surface area contributed by atoms with E-state index in [1.165, 1.54) is 19.1 Å². The normalized spacial score (nSPS) is 29.4. The summed E-state index contributed by atoms with van der Waals surface area (Å²) in [5, 5.41) is 3.33. The van der Waals surface area contributed by atoms with Crippen molar-refractivity contribution < 1.29 is 19.1 Å². The molecule has 0 bridgehead atoms. The molecule has 6 heteroatoms. The van der Waals surface area contributed by atoms with Crippen LogP contribution in [0.25, 0.3) is 0 Å². The highest BCUT2D eigenvalue weighted by molar-refractivity contribution is 5.84. The summed E-state index contributed by atoms with van der Waals surface area (Å²) >= 11 is 0. The molecule has 1 saturated heterocycles. The van der Waals surface area contributed by atoms with E-state index < -0.39 is 18.1 Å². The molecule has 112 valence electrons. The van der Waals surface area contributed by atoms with Gasteiger partial charge in [-0.05, 0) is 18.1 Å². The Morgan fingerprint density at radius 2 is 2.00 bits per heavy atom. The minimum absolute atomic E-state index is 0.313. The number of methoxy groups -OCH3 is 2. The van der Waals surface area contributed by atoms with Crippen LogP contribution in [0, 0.1) is 0 Å². The van der Waals surface area contributed by atoms with Crippen LogP contribution in [0.15, 0.2) is 24.3 Å². The Hall–Kier alpha value is -2.24. The van der Waals surface area contributed by atoms with Crippen LogP contribution in [0.1, 0.15) is 18.9 Å². The third-order valence-electron chi connectivity index (χ3n) is 4.53. The lowest BCUT2D eigenvalue weighted by atomic mass is 9.80. The van der Waals surface area contributed by atoms with E-state index in [0.717, 1.165) is 11.3 Å². The highest BCUT2D eigenvalue weighted by Gasteiger charge is 2.59. The topological polar surface area (TPSA) is 67.9 Å².